The third-order valence-electron chi connectivity index (χ3n) is 2.30. The predicted molar refractivity (Wildman–Crippen MR) is 56.7 cm³/mol. The highest BCUT2D eigenvalue weighted by Crippen LogP contribution is 2.31. The molecule has 0 aliphatic heterocycles. The zero-order valence-electron chi connectivity index (χ0n) is 8.42. The Morgan fingerprint density at radius 3 is 1.25 bits per heavy atom. The maximum absolute atomic E-state index is 5.39. The van der Waals surface area contributed by atoms with Gasteiger partial charge in [0.15, 0.2) is 5.92 Å². The van der Waals surface area contributed by atoms with Crippen LogP contribution < -0.4 is 0 Å². The highest BCUT2D eigenvalue weighted by Gasteiger charge is 2.25. The van der Waals surface area contributed by atoms with Crippen molar-refractivity contribution in [3.63, 3.8) is 0 Å². The quantitative estimate of drug-likeness (QED) is 0.668. The summed E-state index contributed by atoms with van der Waals surface area (Å²) in [5.74, 6) is 3.00. The smallest absolute Gasteiger partial charge is 0.170 e. The molecule has 0 bridgehead atoms. The van der Waals surface area contributed by atoms with Crippen molar-refractivity contribution in [1.29, 1.82) is 0 Å². The van der Waals surface area contributed by atoms with Crippen molar-refractivity contribution in [2.24, 2.45) is 0 Å². The molecule has 0 saturated carbocycles. The van der Waals surface area contributed by atoms with E-state index in [-0.39, 0.29) is 0 Å². The fourth-order valence-corrected chi connectivity index (χ4v) is 1.63. The van der Waals surface area contributed by atoms with Crippen molar-refractivity contribution in [3.05, 3.63) is 78.4 Å². The van der Waals surface area contributed by atoms with Gasteiger partial charge in [0.05, 0.1) is 18.8 Å². The van der Waals surface area contributed by atoms with Gasteiger partial charge in [0.2, 0.25) is 0 Å². The molecule has 0 aromatic carbocycles. The first kappa shape index (κ1) is 9.09. The molecule has 3 aromatic heterocycles. The molecule has 0 spiro atoms. The van der Waals surface area contributed by atoms with Crippen LogP contribution in [-0.2, 0) is 0 Å². The Kier molecular flexibility index (Phi) is 2.14. The summed E-state index contributed by atoms with van der Waals surface area (Å²) >= 11 is 0. The number of hydrogen-bond acceptors (Lipinski definition) is 3. The van der Waals surface area contributed by atoms with Crippen LogP contribution in [0.3, 0.4) is 0 Å². The molecule has 0 unspecified atom stereocenters. The second kappa shape index (κ2) is 3.77. The van der Waals surface area contributed by atoms with Gasteiger partial charge in [-0.05, 0) is 36.4 Å². The van der Waals surface area contributed by atoms with Crippen LogP contribution in [0.5, 0.6) is 0 Å². The van der Waals surface area contributed by atoms with Crippen molar-refractivity contribution in [3.8, 4) is 0 Å². The Labute approximate surface area is 92.3 Å². The van der Waals surface area contributed by atoms with Crippen LogP contribution in [0.2, 0.25) is 0 Å². The summed E-state index contributed by atoms with van der Waals surface area (Å²) < 4.78 is 16.2. The van der Waals surface area contributed by atoms with Crippen molar-refractivity contribution in [2.45, 2.75) is 0 Å². The summed E-state index contributed by atoms with van der Waals surface area (Å²) in [7, 11) is 0. The molecule has 16 heavy (non-hydrogen) atoms. The van der Waals surface area contributed by atoms with Crippen molar-refractivity contribution in [2.75, 3.05) is 0 Å². The lowest BCUT2D eigenvalue weighted by Crippen LogP contribution is -2.00. The largest absolute Gasteiger partial charge is 0.468 e. The van der Waals surface area contributed by atoms with Gasteiger partial charge >= 0.3 is 0 Å². The molecular weight excluding hydrogens is 204 g/mol. The van der Waals surface area contributed by atoms with Crippen LogP contribution in [0.4, 0.5) is 0 Å². The summed E-state index contributed by atoms with van der Waals surface area (Å²) in [6.45, 7) is 0. The minimum atomic E-state index is 0.727. The van der Waals surface area contributed by atoms with Gasteiger partial charge in [-0.1, -0.05) is 0 Å². The van der Waals surface area contributed by atoms with E-state index in [9.17, 15) is 0 Å². The summed E-state index contributed by atoms with van der Waals surface area (Å²) in [6, 6.07) is 11.1. The molecule has 0 aliphatic carbocycles. The lowest BCUT2D eigenvalue weighted by atomic mass is 10.0. The summed E-state index contributed by atoms with van der Waals surface area (Å²) in [5, 5.41) is 0. The van der Waals surface area contributed by atoms with E-state index in [2.05, 4.69) is 0 Å². The lowest BCUT2D eigenvalue weighted by Gasteiger charge is -2.07. The van der Waals surface area contributed by atoms with E-state index < -0.39 is 0 Å². The molecule has 0 aliphatic rings. The highest BCUT2D eigenvalue weighted by molar-refractivity contribution is 5.46. The molecule has 3 heteroatoms. The van der Waals surface area contributed by atoms with Gasteiger partial charge in [0.1, 0.15) is 17.3 Å². The van der Waals surface area contributed by atoms with E-state index in [4.69, 9.17) is 13.3 Å². The maximum Gasteiger partial charge on any atom is 0.170 e. The van der Waals surface area contributed by atoms with E-state index in [1.54, 1.807) is 18.8 Å². The Balaban J connectivity index is 2.09. The normalized spacial score (nSPS) is 11.1. The fraction of sp³-hybridized carbons (Fsp3) is 0. The van der Waals surface area contributed by atoms with Gasteiger partial charge in [0.25, 0.3) is 0 Å². The molecular formula is C13H9O3. The standard InChI is InChI=1S/C13H9O3/c1-4-10(14-7-1)13(11-5-2-8-15-11)12-6-3-9-16-12/h1-9H. The molecule has 0 atom stereocenters. The maximum atomic E-state index is 5.39. The van der Waals surface area contributed by atoms with E-state index in [1.165, 1.54) is 0 Å². The molecule has 3 aromatic rings. The molecule has 0 saturated heterocycles. The highest BCUT2D eigenvalue weighted by atomic mass is 16.4. The number of hydrogen-bond donors (Lipinski definition) is 0. The van der Waals surface area contributed by atoms with E-state index in [1.807, 2.05) is 36.4 Å². The van der Waals surface area contributed by atoms with Crippen molar-refractivity contribution in [1.82, 2.24) is 0 Å². The Bertz CT molecular complexity index is 436. The van der Waals surface area contributed by atoms with Crippen LogP contribution in [0.15, 0.2) is 68.4 Å². The van der Waals surface area contributed by atoms with Crippen LogP contribution in [0, 0.1) is 5.92 Å². The summed E-state index contributed by atoms with van der Waals surface area (Å²) in [5.41, 5.74) is 0. The Morgan fingerprint density at radius 1 is 0.625 bits per heavy atom. The molecule has 0 fully saturated rings. The molecule has 3 heterocycles. The topological polar surface area (TPSA) is 39.4 Å². The molecule has 0 N–H and O–H groups in total. The average molecular weight is 213 g/mol. The third-order valence-corrected chi connectivity index (χ3v) is 2.30. The second-order valence-electron chi connectivity index (χ2n) is 3.31. The van der Waals surface area contributed by atoms with Gasteiger partial charge in [-0.3, -0.25) is 0 Å². The monoisotopic (exact) mass is 213 g/mol. The van der Waals surface area contributed by atoms with Crippen molar-refractivity contribution < 1.29 is 13.3 Å². The molecule has 1 radical (unpaired) electrons. The van der Waals surface area contributed by atoms with E-state index >= 15 is 0 Å². The second-order valence-corrected chi connectivity index (χ2v) is 3.31. The number of rotatable bonds is 3. The van der Waals surface area contributed by atoms with Crippen LogP contribution in [0.1, 0.15) is 17.3 Å². The van der Waals surface area contributed by atoms with E-state index in [0.29, 0.717) is 0 Å². The first-order chi connectivity index (χ1) is 7.95. The van der Waals surface area contributed by atoms with E-state index in [0.717, 1.165) is 23.2 Å². The predicted octanol–water partition coefficient (Wildman–Crippen LogP) is 3.48. The Morgan fingerprint density at radius 2 is 1.00 bits per heavy atom. The lowest BCUT2D eigenvalue weighted by molar-refractivity contribution is 0.461. The summed E-state index contributed by atoms with van der Waals surface area (Å²) in [6.07, 6.45) is 4.88. The summed E-state index contributed by atoms with van der Waals surface area (Å²) in [4.78, 5) is 0. The minimum Gasteiger partial charge on any atom is -0.468 e. The number of furan rings is 3. The minimum absolute atomic E-state index is 0.727. The van der Waals surface area contributed by atoms with Crippen LogP contribution >= 0.6 is 0 Å². The zero-order valence-corrected chi connectivity index (χ0v) is 8.42. The SMILES string of the molecule is c1coc([C](c2ccco2)c2ccco2)c1. The van der Waals surface area contributed by atoms with Gasteiger partial charge in [-0.2, -0.15) is 0 Å². The van der Waals surface area contributed by atoms with Gasteiger partial charge in [-0.25, -0.2) is 0 Å². The van der Waals surface area contributed by atoms with Crippen LogP contribution in [-0.4, -0.2) is 0 Å². The average Bonchev–Trinajstić information content (AvgIpc) is 3.02. The molecule has 0 amide bonds. The molecule has 79 valence electrons. The van der Waals surface area contributed by atoms with Crippen molar-refractivity contribution >= 4 is 0 Å². The zero-order chi connectivity index (χ0) is 10.8. The molecule has 3 nitrogen and oxygen atoms in total. The third kappa shape index (κ3) is 1.46. The fourth-order valence-electron chi connectivity index (χ4n) is 1.63. The Hall–Kier alpha value is -2.16. The van der Waals surface area contributed by atoms with Gasteiger partial charge in [0, 0.05) is 0 Å². The van der Waals surface area contributed by atoms with Gasteiger partial charge in [-0.15, -0.1) is 0 Å². The van der Waals surface area contributed by atoms with Crippen LogP contribution in [0.25, 0.3) is 0 Å². The molecule has 3 rings (SSSR count). The first-order valence-corrected chi connectivity index (χ1v) is 4.94. The van der Waals surface area contributed by atoms with Gasteiger partial charge < -0.3 is 13.3 Å². The first-order valence-electron chi connectivity index (χ1n) is 4.94.